The van der Waals surface area contributed by atoms with Crippen molar-refractivity contribution in [3.63, 3.8) is 0 Å². The number of rotatable bonds is 10. The standard InChI is InChI=1S/C18H26N6O7/c1-9(22-15(27)11(19)5-10-7-20-8-21-10)17(29)24-4-2-3-13(24)16(28)23-12(18(30)31)6-14(25)26/h7-9,11-13H,2-6,19H2,1H3,(H,20,21)(H,22,27)(H,23,28)(H,25,26)(H,30,31). The first-order chi connectivity index (χ1) is 14.6. The molecule has 1 saturated heterocycles. The summed E-state index contributed by atoms with van der Waals surface area (Å²) in [4.78, 5) is 67.5. The van der Waals surface area contributed by atoms with Crippen LogP contribution in [0.25, 0.3) is 0 Å². The highest BCUT2D eigenvalue weighted by Crippen LogP contribution is 2.19. The summed E-state index contributed by atoms with van der Waals surface area (Å²) in [6.07, 6.45) is 3.18. The molecule has 1 fully saturated rings. The van der Waals surface area contributed by atoms with Crippen LogP contribution >= 0.6 is 0 Å². The van der Waals surface area contributed by atoms with Gasteiger partial charge in [-0.1, -0.05) is 0 Å². The van der Waals surface area contributed by atoms with Crippen LogP contribution in [0.2, 0.25) is 0 Å². The van der Waals surface area contributed by atoms with Gasteiger partial charge >= 0.3 is 11.9 Å². The van der Waals surface area contributed by atoms with Crippen LogP contribution in [-0.4, -0.2) is 85.5 Å². The van der Waals surface area contributed by atoms with Crippen LogP contribution in [0.15, 0.2) is 12.5 Å². The molecule has 170 valence electrons. The van der Waals surface area contributed by atoms with Gasteiger partial charge in [0.05, 0.1) is 18.8 Å². The number of aromatic amines is 1. The first-order valence-corrected chi connectivity index (χ1v) is 9.68. The minimum Gasteiger partial charge on any atom is -0.481 e. The summed E-state index contributed by atoms with van der Waals surface area (Å²) in [6.45, 7) is 1.70. The van der Waals surface area contributed by atoms with Crippen molar-refractivity contribution >= 4 is 29.7 Å². The Morgan fingerprint density at radius 3 is 2.58 bits per heavy atom. The number of carboxylic acids is 2. The molecular formula is C18H26N6O7. The molecule has 7 N–H and O–H groups in total. The zero-order valence-corrected chi connectivity index (χ0v) is 16.9. The second-order valence-electron chi connectivity index (χ2n) is 7.30. The number of nitrogens with two attached hydrogens (primary N) is 1. The number of hydrogen-bond acceptors (Lipinski definition) is 7. The van der Waals surface area contributed by atoms with Crippen molar-refractivity contribution in [3.05, 3.63) is 18.2 Å². The molecule has 1 aromatic rings. The number of carbonyl (C=O) groups is 5. The van der Waals surface area contributed by atoms with Gasteiger partial charge in [-0.25, -0.2) is 9.78 Å². The molecule has 1 aliphatic rings. The summed E-state index contributed by atoms with van der Waals surface area (Å²) in [5.74, 6) is -4.70. The highest BCUT2D eigenvalue weighted by atomic mass is 16.4. The second kappa shape index (κ2) is 10.5. The van der Waals surface area contributed by atoms with Crippen LogP contribution in [-0.2, 0) is 30.4 Å². The van der Waals surface area contributed by atoms with Gasteiger partial charge in [-0.15, -0.1) is 0 Å². The second-order valence-corrected chi connectivity index (χ2v) is 7.30. The Morgan fingerprint density at radius 2 is 2.00 bits per heavy atom. The minimum atomic E-state index is -1.61. The zero-order chi connectivity index (χ0) is 23.1. The van der Waals surface area contributed by atoms with E-state index < -0.39 is 60.2 Å². The Bertz CT molecular complexity index is 827. The fourth-order valence-corrected chi connectivity index (χ4v) is 3.30. The lowest BCUT2D eigenvalue weighted by Crippen LogP contribution is -2.56. The topological polar surface area (TPSA) is 208 Å². The normalized spacial score (nSPS) is 18.6. The maximum atomic E-state index is 12.8. The molecule has 13 heteroatoms. The average Bonchev–Trinajstić information content (AvgIpc) is 3.38. The molecule has 0 aliphatic carbocycles. The molecule has 0 radical (unpaired) electrons. The van der Waals surface area contributed by atoms with Crippen LogP contribution in [0.3, 0.4) is 0 Å². The van der Waals surface area contributed by atoms with E-state index in [0.717, 1.165) is 0 Å². The van der Waals surface area contributed by atoms with Crippen molar-refractivity contribution in [1.82, 2.24) is 25.5 Å². The first-order valence-electron chi connectivity index (χ1n) is 9.68. The minimum absolute atomic E-state index is 0.196. The lowest BCUT2D eigenvalue weighted by Gasteiger charge is -2.28. The van der Waals surface area contributed by atoms with Gasteiger partial charge in [-0.3, -0.25) is 19.2 Å². The van der Waals surface area contributed by atoms with Crippen molar-refractivity contribution in [2.75, 3.05) is 6.54 Å². The molecule has 1 aromatic heterocycles. The van der Waals surface area contributed by atoms with Crippen molar-refractivity contribution < 1.29 is 34.2 Å². The predicted octanol–water partition coefficient (Wildman–Crippen LogP) is -2.18. The molecule has 2 rings (SSSR count). The maximum Gasteiger partial charge on any atom is 0.326 e. The number of amides is 3. The van der Waals surface area contributed by atoms with E-state index in [4.69, 9.17) is 15.9 Å². The fourth-order valence-electron chi connectivity index (χ4n) is 3.30. The summed E-state index contributed by atoms with van der Waals surface area (Å²) in [6, 6.07) is -4.45. The van der Waals surface area contributed by atoms with E-state index >= 15 is 0 Å². The quantitative estimate of drug-likeness (QED) is 0.234. The number of H-pyrrole nitrogens is 1. The summed E-state index contributed by atoms with van der Waals surface area (Å²) in [5, 5.41) is 22.6. The van der Waals surface area contributed by atoms with E-state index in [0.29, 0.717) is 12.1 Å². The summed E-state index contributed by atoms with van der Waals surface area (Å²) >= 11 is 0. The molecule has 13 nitrogen and oxygen atoms in total. The Hall–Kier alpha value is -3.48. The lowest BCUT2D eigenvalue weighted by molar-refractivity contribution is -0.148. The predicted molar refractivity (Wildman–Crippen MR) is 104 cm³/mol. The van der Waals surface area contributed by atoms with Crippen molar-refractivity contribution in [2.24, 2.45) is 5.73 Å². The van der Waals surface area contributed by atoms with Gasteiger partial charge in [0, 0.05) is 24.9 Å². The van der Waals surface area contributed by atoms with Crippen LogP contribution in [0.4, 0.5) is 0 Å². The number of aliphatic carboxylic acids is 2. The highest BCUT2D eigenvalue weighted by Gasteiger charge is 2.38. The molecule has 1 aliphatic heterocycles. The van der Waals surface area contributed by atoms with Gasteiger partial charge in [0.15, 0.2) is 0 Å². The van der Waals surface area contributed by atoms with Crippen molar-refractivity contribution in [2.45, 2.75) is 56.8 Å². The Balaban J connectivity index is 1.96. The van der Waals surface area contributed by atoms with Crippen LogP contribution in [0.1, 0.15) is 31.9 Å². The molecule has 31 heavy (non-hydrogen) atoms. The third-order valence-corrected chi connectivity index (χ3v) is 4.89. The molecule has 0 spiro atoms. The number of carbonyl (C=O) groups excluding carboxylic acids is 3. The first kappa shape index (κ1) is 23.8. The van der Waals surface area contributed by atoms with Gasteiger partial charge in [0.25, 0.3) is 0 Å². The van der Waals surface area contributed by atoms with E-state index in [2.05, 4.69) is 20.6 Å². The number of aromatic nitrogens is 2. The van der Waals surface area contributed by atoms with Crippen LogP contribution in [0.5, 0.6) is 0 Å². The maximum absolute atomic E-state index is 12.8. The fraction of sp³-hybridized carbons (Fsp3) is 0.556. The molecule has 0 aromatic carbocycles. The number of likely N-dealkylation sites (tertiary alicyclic amines) is 1. The number of nitrogens with one attached hydrogen (secondary N) is 3. The van der Waals surface area contributed by atoms with Crippen molar-refractivity contribution in [3.8, 4) is 0 Å². The molecule has 2 heterocycles. The molecule has 0 saturated carbocycles. The van der Waals surface area contributed by atoms with Crippen LogP contribution in [0, 0.1) is 0 Å². The lowest BCUT2D eigenvalue weighted by atomic mass is 10.1. The molecule has 4 atom stereocenters. The summed E-state index contributed by atoms with van der Waals surface area (Å²) < 4.78 is 0. The summed E-state index contributed by atoms with van der Waals surface area (Å²) in [5.41, 5.74) is 6.52. The van der Waals surface area contributed by atoms with Gasteiger partial charge in [0.2, 0.25) is 17.7 Å². The number of nitrogens with zero attached hydrogens (tertiary/aromatic N) is 2. The van der Waals surface area contributed by atoms with E-state index in [1.165, 1.54) is 24.3 Å². The number of carboxylic acid groups (broad SMARTS) is 2. The SMILES string of the molecule is CC(NC(=O)C(N)Cc1cnc[nH]1)C(=O)N1CCCC1C(=O)NC(CC(=O)O)C(=O)O. The van der Waals surface area contributed by atoms with Crippen LogP contribution < -0.4 is 16.4 Å². The largest absolute Gasteiger partial charge is 0.481 e. The summed E-state index contributed by atoms with van der Waals surface area (Å²) in [7, 11) is 0. The smallest absolute Gasteiger partial charge is 0.326 e. The number of imidazole rings is 1. The van der Waals surface area contributed by atoms with E-state index in [1.807, 2.05) is 0 Å². The van der Waals surface area contributed by atoms with Crippen molar-refractivity contribution in [1.29, 1.82) is 0 Å². The van der Waals surface area contributed by atoms with E-state index in [1.54, 1.807) is 0 Å². The Kier molecular flexibility index (Phi) is 8.07. The highest BCUT2D eigenvalue weighted by molar-refractivity contribution is 5.94. The molecule has 3 amide bonds. The Morgan fingerprint density at radius 1 is 1.29 bits per heavy atom. The van der Waals surface area contributed by atoms with E-state index in [9.17, 15) is 24.0 Å². The third-order valence-electron chi connectivity index (χ3n) is 4.89. The van der Waals surface area contributed by atoms with Gasteiger partial charge in [0.1, 0.15) is 18.1 Å². The average molecular weight is 438 g/mol. The van der Waals surface area contributed by atoms with Gasteiger partial charge < -0.3 is 36.5 Å². The third kappa shape index (κ3) is 6.50. The molecule has 4 unspecified atom stereocenters. The number of hydrogen-bond donors (Lipinski definition) is 6. The molecule has 0 bridgehead atoms. The van der Waals surface area contributed by atoms with Gasteiger partial charge in [-0.2, -0.15) is 0 Å². The monoisotopic (exact) mass is 438 g/mol. The Labute approximate surface area is 177 Å². The van der Waals surface area contributed by atoms with E-state index in [-0.39, 0.29) is 19.4 Å². The molecular weight excluding hydrogens is 412 g/mol. The zero-order valence-electron chi connectivity index (χ0n) is 16.9. The van der Waals surface area contributed by atoms with Gasteiger partial charge in [-0.05, 0) is 19.8 Å².